The first kappa shape index (κ1) is 14.0. The molecule has 0 unspecified atom stereocenters. The molecule has 0 bridgehead atoms. The van der Waals surface area contributed by atoms with Gasteiger partial charge in [-0.2, -0.15) is 4.31 Å². The zero-order chi connectivity index (χ0) is 13.5. The van der Waals surface area contributed by atoms with Gasteiger partial charge < -0.3 is 0 Å². The molecule has 1 aliphatic carbocycles. The van der Waals surface area contributed by atoms with E-state index in [9.17, 15) is 8.42 Å². The van der Waals surface area contributed by atoms with Crippen molar-refractivity contribution in [1.29, 1.82) is 0 Å². The van der Waals surface area contributed by atoms with Crippen molar-refractivity contribution in [1.82, 2.24) is 4.31 Å². The van der Waals surface area contributed by atoms with Crippen molar-refractivity contribution in [2.75, 3.05) is 13.1 Å². The molecular formula is C13H18BrNO2S2. The Balaban J connectivity index is 1.74. The highest BCUT2D eigenvalue weighted by Gasteiger charge is 2.40. The summed E-state index contributed by atoms with van der Waals surface area (Å²) >= 11 is 4.63. The van der Waals surface area contributed by atoms with Crippen molar-refractivity contribution in [3.8, 4) is 0 Å². The molecular weight excluding hydrogens is 346 g/mol. The molecule has 0 radical (unpaired) electrons. The van der Waals surface area contributed by atoms with Gasteiger partial charge in [0.05, 0.1) is 3.79 Å². The van der Waals surface area contributed by atoms with Gasteiger partial charge in [-0.1, -0.05) is 12.8 Å². The minimum Gasteiger partial charge on any atom is -0.206 e. The van der Waals surface area contributed by atoms with Crippen LogP contribution in [0, 0.1) is 5.41 Å². The maximum Gasteiger partial charge on any atom is 0.252 e. The van der Waals surface area contributed by atoms with Gasteiger partial charge in [-0.3, -0.25) is 0 Å². The van der Waals surface area contributed by atoms with Crippen molar-refractivity contribution in [2.24, 2.45) is 5.41 Å². The number of thiophene rings is 1. The molecule has 0 N–H and O–H groups in total. The maximum absolute atomic E-state index is 12.5. The average molecular weight is 364 g/mol. The van der Waals surface area contributed by atoms with Crippen LogP contribution in [0.4, 0.5) is 0 Å². The van der Waals surface area contributed by atoms with E-state index in [0.717, 1.165) is 16.6 Å². The van der Waals surface area contributed by atoms with Gasteiger partial charge in [0.25, 0.3) is 10.0 Å². The molecule has 3 nitrogen and oxygen atoms in total. The number of sulfonamides is 1. The summed E-state index contributed by atoms with van der Waals surface area (Å²) in [5.74, 6) is 0. The third-order valence-electron chi connectivity index (χ3n) is 4.59. The number of rotatable bonds is 2. The molecule has 6 heteroatoms. The van der Waals surface area contributed by atoms with Crippen molar-refractivity contribution in [3.05, 3.63) is 15.9 Å². The third kappa shape index (κ3) is 2.64. The van der Waals surface area contributed by atoms with Crippen LogP contribution in [-0.4, -0.2) is 25.8 Å². The van der Waals surface area contributed by atoms with Crippen molar-refractivity contribution >= 4 is 37.3 Å². The molecule has 1 saturated carbocycles. The molecule has 1 spiro atoms. The summed E-state index contributed by atoms with van der Waals surface area (Å²) in [6, 6.07) is 3.50. The highest BCUT2D eigenvalue weighted by Crippen LogP contribution is 2.47. The summed E-state index contributed by atoms with van der Waals surface area (Å²) in [7, 11) is -3.27. The van der Waals surface area contributed by atoms with E-state index in [1.54, 1.807) is 16.4 Å². The van der Waals surface area contributed by atoms with Crippen molar-refractivity contribution < 1.29 is 8.42 Å². The second kappa shape index (κ2) is 5.13. The second-order valence-electron chi connectivity index (χ2n) is 5.67. The summed E-state index contributed by atoms with van der Waals surface area (Å²) < 4.78 is 28.0. The van der Waals surface area contributed by atoms with Crippen molar-refractivity contribution in [3.63, 3.8) is 0 Å². The van der Waals surface area contributed by atoms with E-state index >= 15 is 0 Å². The predicted octanol–water partition coefficient (Wildman–Crippen LogP) is 3.86. The molecule has 2 fully saturated rings. The van der Waals surface area contributed by atoms with Gasteiger partial charge in [-0.05, 0) is 59.2 Å². The highest BCUT2D eigenvalue weighted by atomic mass is 79.9. The van der Waals surface area contributed by atoms with Gasteiger partial charge in [0, 0.05) is 13.1 Å². The SMILES string of the molecule is O=S(=O)(c1ccc(Br)s1)N1CCC2(CCCC2)CC1. The summed E-state index contributed by atoms with van der Waals surface area (Å²) in [6.45, 7) is 1.38. The number of hydrogen-bond acceptors (Lipinski definition) is 3. The molecule has 1 aromatic heterocycles. The lowest BCUT2D eigenvalue weighted by Gasteiger charge is -2.38. The Morgan fingerprint density at radius 3 is 2.26 bits per heavy atom. The van der Waals surface area contributed by atoms with Crippen LogP contribution in [-0.2, 0) is 10.0 Å². The Hall–Kier alpha value is 0.0900. The van der Waals surface area contributed by atoms with E-state index in [0.29, 0.717) is 22.7 Å². The van der Waals surface area contributed by atoms with Gasteiger partial charge in [-0.15, -0.1) is 11.3 Å². The molecule has 2 heterocycles. The van der Waals surface area contributed by atoms with Gasteiger partial charge in [0.2, 0.25) is 0 Å². The average Bonchev–Trinajstić information content (AvgIpc) is 3.00. The fourth-order valence-electron chi connectivity index (χ4n) is 3.39. The van der Waals surface area contributed by atoms with E-state index < -0.39 is 10.0 Å². The normalized spacial score (nSPS) is 24.1. The lowest BCUT2D eigenvalue weighted by Crippen LogP contribution is -2.41. The number of hydrogen-bond donors (Lipinski definition) is 0. The molecule has 1 aliphatic heterocycles. The van der Waals surface area contributed by atoms with Gasteiger partial charge >= 0.3 is 0 Å². The predicted molar refractivity (Wildman–Crippen MR) is 80.9 cm³/mol. The Labute approximate surface area is 127 Å². The summed E-state index contributed by atoms with van der Waals surface area (Å²) in [5.41, 5.74) is 0.460. The first-order chi connectivity index (χ1) is 9.02. The number of halogens is 1. The summed E-state index contributed by atoms with van der Waals surface area (Å²) in [4.78, 5) is 0. The van der Waals surface area contributed by atoms with E-state index in [1.165, 1.54) is 37.0 Å². The molecule has 0 amide bonds. The maximum atomic E-state index is 12.5. The minimum atomic E-state index is -3.27. The van der Waals surface area contributed by atoms with Crippen LogP contribution in [0.1, 0.15) is 38.5 Å². The molecule has 0 atom stereocenters. The molecule has 3 rings (SSSR count). The summed E-state index contributed by atoms with van der Waals surface area (Å²) in [5, 5.41) is 0. The fraction of sp³-hybridized carbons (Fsp3) is 0.692. The smallest absolute Gasteiger partial charge is 0.206 e. The lowest BCUT2D eigenvalue weighted by atomic mass is 9.78. The Kier molecular flexibility index (Phi) is 3.79. The van der Waals surface area contributed by atoms with Crippen LogP contribution in [0.5, 0.6) is 0 Å². The number of nitrogens with zero attached hydrogens (tertiary/aromatic N) is 1. The zero-order valence-corrected chi connectivity index (χ0v) is 14.0. The lowest BCUT2D eigenvalue weighted by molar-refractivity contribution is 0.160. The van der Waals surface area contributed by atoms with Crippen LogP contribution in [0.3, 0.4) is 0 Å². The topological polar surface area (TPSA) is 37.4 Å². The zero-order valence-electron chi connectivity index (χ0n) is 10.8. The molecule has 2 aliphatic rings. The quantitative estimate of drug-likeness (QED) is 0.799. The standard InChI is InChI=1S/C13H18BrNO2S2/c14-11-3-4-12(18-11)19(16,17)15-9-7-13(8-10-15)5-1-2-6-13/h3-4H,1-2,5-10H2. The molecule has 0 aromatic carbocycles. The van der Waals surface area contributed by atoms with Gasteiger partial charge in [-0.25, -0.2) is 8.42 Å². The Bertz CT molecular complexity index is 551. The molecule has 1 aromatic rings. The first-order valence-corrected chi connectivity index (χ1v) is 9.82. The second-order valence-corrected chi connectivity index (χ2v) is 10.3. The molecule has 106 valence electrons. The van der Waals surface area contributed by atoms with Crippen LogP contribution in [0.25, 0.3) is 0 Å². The van der Waals surface area contributed by atoms with Crippen LogP contribution >= 0.6 is 27.3 Å². The van der Waals surface area contributed by atoms with E-state index in [1.807, 2.05) is 0 Å². The third-order valence-corrected chi connectivity index (χ3v) is 8.58. The van der Waals surface area contributed by atoms with Crippen molar-refractivity contribution in [2.45, 2.75) is 42.7 Å². The Morgan fingerprint density at radius 2 is 1.74 bits per heavy atom. The van der Waals surface area contributed by atoms with Crippen LogP contribution < -0.4 is 0 Å². The number of piperidine rings is 1. The largest absolute Gasteiger partial charge is 0.252 e. The first-order valence-electron chi connectivity index (χ1n) is 6.77. The van der Waals surface area contributed by atoms with Gasteiger partial charge in [0.1, 0.15) is 4.21 Å². The Morgan fingerprint density at radius 1 is 1.11 bits per heavy atom. The van der Waals surface area contributed by atoms with E-state index in [2.05, 4.69) is 15.9 Å². The highest BCUT2D eigenvalue weighted by molar-refractivity contribution is 9.11. The molecule has 19 heavy (non-hydrogen) atoms. The monoisotopic (exact) mass is 363 g/mol. The minimum absolute atomic E-state index is 0.460. The molecule has 1 saturated heterocycles. The van der Waals surface area contributed by atoms with Crippen LogP contribution in [0.15, 0.2) is 20.1 Å². The van der Waals surface area contributed by atoms with Crippen LogP contribution in [0.2, 0.25) is 0 Å². The van der Waals surface area contributed by atoms with E-state index in [-0.39, 0.29) is 0 Å². The van der Waals surface area contributed by atoms with Gasteiger partial charge in [0.15, 0.2) is 0 Å². The summed E-state index contributed by atoms with van der Waals surface area (Å²) in [6.07, 6.45) is 7.32. The van der Waals surface area contributed by atoms with E-state index in [4.69, 9.17) is 0 Å². The fourth-order valence-corrected chi connectivity index (χ4v) is 7.00.